The van der Waals surface area contributed by atoms with Crippen LogP contribution < -0.4 is 10.5 Å². The summed E-state index contributed by atoms with van der Waals surface area (Å²) in [7, 11) is 0. The lowest BCUT2D eigenvalue weighted by Crippen LogP contribution is -1.97. The Morgan fingerprint density at radius 1 is 0.893 bits per heavy atom. The second-order valence-corrected chi connectivity index (χ2v) is 7.19. The first-order valence-corrected chi connectivity index (χ1v) is 10.5. The van der Waals surface area contributed by atoms with Crippen LogP contribution in [0.15, 0.2) is 54.6 Å². The molecular weight excluding hydrogens is 346 g/mol. The number of nitrogens with two attached hydrogens (primary N) is 1. The van der Waals surface area contributed by atoms with Gasteiger partial charge in [-0.25, -0.2) is 0 Å². The molecule has 2 N–H and O–H groups in total. The van der Waals surface area contributed by atoms with E-state index in [0.717, 1.165) is 24.3 Å². The molecule has 2 rings (SSSR count). The van der Waals surface area contributed by atoms with Crippen LogP contribution in [0, 0.1) is 0 Å². The Balaban J connectivity index is 1.65. The van der Waals surface area contributed by atoms with Crippen LogP contribution in [0.3, 0.4) is 0 Å². The van der Waals surface area contributed by atoms with Crippen LogP contribution in [0.25, 0.3) is 6.08 Å². The first-order valence-electron chi connectivity index (χ1n) is 10.5. The minimum absolute atomic E-state index is 0.0888. The molecule has 0 fully saturated rings. The number of ketones is 1. The van der Waals surface area contributed by atoms with Crippen molar-refractivity contribution in [3.8, 4) is 5.75 Å². The van der Waals surface area contributed by atoms with Gasteiger partial charge in [0.15, 0.2) is 5.78 Å². The van der Waals surface area contributed by atoms with Gasteiger partial charge in [-0.1, -0.05) is 69.7 Å². The number of unbranched alkanes of at least 4 members (excludes halogenated alkanes) is 6. The molecule has 0 heterocycles. The third-order valence-electron chi connectivity index (χ3n) is 4.74. The molecular formula is C25H33NO2. The van der Waals surface area contributed by atoms with Gasteiger partial charge in [0.05, 0.1) is 6.61 Å². The molecule has 150 valence electrons. The van der Waals surface area contributed by atoms with Gasteiger partial charge in [-0.15, -0.1) is 0 Å². The largest absolute Gasteiger partial charge is 0.494 e. The summed E-state index contributed by atoms with van der Waals surface area (Å²) in [5, 5.41) is 0. The summed E-state index contributed by atoms with van der Waals surface area (Å²) in [6, 6.07) is 15.1. The van der Waals surface area contributed by atoms with E-state index < -0.39 is 0 Å². The zero-order valence-electron chi connectivity index (χ0n) is 17.0. The van der Waals surface area contributed by atoms with Crippen LogP contribution in [-0.2, 0) is 0 Å². The van der Waals surface area contributed by atoms with E-state index in [4.69, 9.17) is 10.5 Å². The molecule has 0 aliphatic heterocycles. The smallest absolute Gasteiger partial charge is 0.166 e. The molecule has 0 amide bonds. The molecule has 2 aromatic carbocycles. The van der Waals surface area contributed by atoms with Gasteiger partial charge < -0.3 is 10.5 Å². The summed E-state index contributed by atoms with van der Waals surface area (Å²) in [5.74, 6) is 0.993. The molecule has 0 aliphatic carbocycles. The van der Waals surface area contributed by atoms with Crippen molar-refractivity contribution in [2.75, 3.05) is 12.3 Å². The lowest BCUT2D eigenvalue weighted by molar-refractivity contribution is 0.0996. The monoisotopic (exact) mass is 379 g/mol. The summed E-state index contributed by atoms with van der Waals surface area (Å²) >= 11 is 0. The maximum atomic E-state index is 12.1. The van der Waals surface area contributed by atoms with Crippen molar-refractivity contribution in [1.82, 2.24) is 0 Å². The fraction of sp³-hybridized carbons (Fsp3) is 0.400. The first kappa shape index (κ1) is 21.7. The molecule has 0 saturated carbocycles. The van der Waals surface area contributed by atoms with Crippen molar-refractivity contribution in [3.63, 3.8) is 0 Å². The Bertz CT molecular complexity index is 717. The molecule has 3 nitrogen and oxygen atoms in total. The van der Waals surface area contributed by atoms with Gasteiger partial charge >= 0.3 is 0 Å². The van der Waals surface area contributed by atoms with E-state index in [1.165, 1.54) is 38.5 Å². The minimum Gasteiger partial charge on any atom is -0.494 e. The quantitative estimate of drug-likeness (QED) is 0.240. The number of anilines is 1. The number of rotatable bonds is 13. The van der Waals surface area contributed by atoms with E-state index in [1.807, 2.05) is 36.4 Å². The number of nitrogen functional groups attached to an aromatic ring is 1. The Morgan fingerprint density at radius 2 is 1.54 bits per heavy atom. The van der Waals surface area contributed by atoms with Gasteiger partial charge in [-0.2, -0.15) is 0 Å². The maximum Gasteiger partial charge on any atom is 0.166 e. The normalized spacial score (nSPS) is 11.0. The van der Waals surface area contributed by atoms with Crippen molar-refractivity contribution in [2.24, 2.45) is 0 Å². The molecule has 0 bridgehead atoms. The zero-order chi connectivity index (χ0) is 20.0. The first-order chi connectivity index (χ1) is 13.7. The number of allylic oxidation sites excluding steroid dienone is 1. The van der Waals surface area contributed by atoms with E-state index in [1.54, 1.807) is 24.3 Å². The van der Waals surface area contributed by atoms with E-state index >= 15 is 0 Å². The van der Waals surface area contributed by atoms with Crippen molar-refractivity contribution in [2.45, 2.75) is 58.3 Å². The Morgan fingerprint density at radius 3 is 2.21 bits per heavy atom. The topological polar surface area (TPSA) is 52.3 Å². The summed E-state index contributed by atoms with van der Waals surface area (Å²) in [4.78, 5) is 12.1. The highest BCUT2D eigenvalue weighted by Crippen LogP contribution is 2.15. The molecule has 0 saturated heterocycles. The highest BCUT2D eigenvalue weighted by atomic mass is 16.5. The van der Waals surface area contributed by atoms with Gasteiger partial charge in [0.25, 0.3) is 0 Å². The molecule has 0 aromatic heterocycles. The summed E-state index contributed by atoms with van der Waals surface area (Å²) in [6.45, 7) is 3.02. The Labute approximate surface area is 169 Å². The predicted molar refractivity (Wildman–Crippen MR) is 119 cm³/mol. The van der Waals surface area contributed by atoms with Crippen LogP contribution in [-0.4, -0.2) is 12.4 Å². The third kappa shape index (κ3) is 8.43. The number of carbonyl (C=O) groups is 1. The van der Waals surface area contributed by atoms with Gasteiger partial charge in [-0.05, 0) is 48.4 Å². The highest BCUT2D eigenvalue weighted by Gasteiger charge is 2.02. The average Bonchev–Trinajstić information content (AvgIpc) is 2.71. The molecule has 0 unspecified atom stereocenters. The van der Waals surface area contributed by atoms with E-state index in [2.05, 4.69) is 6.92 Å². The van der Waals surface area contributed by atoms with Crippen molar-refractivity contribution in [3.05, 3.63) is 65.7 Å². The number of Topliss-reactive ketones (excluding diaryl/α,β-unsaturated/α-hetero) is 1. The van der Waals surface area contributed by atoms with Crippen LogP contribution >= 0.6 is 0 Å². The SMILES string of the molecule is CCCCCCCCCOc1ccc(C=CCC(=O)c2ccc(N)cc2)cc1. The van der Waals surface area contributed by atoms with Gasteiger partial charge in [0.1, 0.15) is 5.75 Å². The number of hydrogen-bond donors (Lipinski definition) is 1. The van der Waals surface area contributed by atoms with Crippen molar-refractivity contribution in [1.29, 1.82) is 0 Å². The van der Waals surface area contributed by atoms with Crippen LogP contribution in [0.4, 0.5) is 5.69 Å². The molecule has 0 aliphatic rings. The second kappa shape index (κ2) is 12.8. The Hall–Kier alpha value is -2.55. The summed E-state index contributed by atoms with van der Waals surface area (Å²) in [5.41, 5.74) is 8.07. The fourth-order valence-corrected chi connectivity index (χ4v) is 3.01. The van der Waals surface area contributed by atoms with Gasteiger partial charge in [0, 0.05) is 17.7 Å². The van der Waals surface area contributed by atoms with Gasteiger partial charge in [-0.3, -0.25) is 4.79 Å². The van der Waals surface area contributed by atoms with Crippen LogP contribution in [0.1, 0.15) is 74.2 Å². The highest BCUT2D eigenvalue weighted by molar-refractivity contribution is 5.97. The van der Waals surface area contributed by atoms with E-state index in [-0.39, 0.29) is 5.78 Å². The summed E-state index contributed by atoms with van der Waals surface area (Å²) < 4.78 is 5.81. The van der Waals surface area contributed by atoms with Gasteiger partial charge in [0.2, 0.25) is 0 Å². The zero-order valence-corrected chi connectivity index (χ0v) is 17.0. The number of carbonyl (C=O) groups excluding carboxylic acids is 1. The van der Waals surface area contributed by atoms with Crippen molar-refractivity contribution >= 4 is 17.5 Å². The minimum atomic E-state index is 0.0888. The molecule has 28 heavy (non-hydrogen) atoms. The summed E-state index contributed by atoms with van der Waals surface area (Å²) in [6.07, 6.45) is 13.3. The predicted octanol–water partition coefficient (Wildman–Crippen LogP) is 6.68. The number of ether oxygens (including phenoxy) is 1. The van der Waals surface area contributed by atoms with Crippen molar-refractivity contribution < 1.29 is 9.53 Å². The van der Waals surface area contributed by atoms with E-state index in [9.17, 15) is 4.79 Å². The van der Waals surface area contributed by atoms with Crippen LogP contribution in [0.2, 0.25) is 0 Å². The average molecular weight is 380 g/mol. The third-order valence-corrected chi connectivity index (χ3v) is 4.74. The number of hydrogen-bond acceptors (Lipinski definition) is 3. The molecule has 0 atom stereocenters. The molecule has 3 heteroatoms. The fourth-order valence-electron chi connectivity index (χ4n) is 3.01. The second-order valence-electron chi connectivity index (χ2n) is 7.19. The maximum absolute atomic E-state index is 12.1. The Kier molecular flexibility index (Phi) is 9.92. The standard InChI is InChI=1S/C25H33NO2/c1-2-3-4-5-6-7-8-20-28-24-18-12-21(13-19-24)10-9-11-25(27)22-14-16-23(26)17-15-22/h9-10,12-19H,2-8,11,20,26H2,1H3. The molecule has 0 spiro atoms. The lowest BCUT2D eigenvalue weighted by Gasteiger charge is -2.06. The number of benzene rings is 2. The molecule has 2 aromatic rings. The van der Waals surface area contributed by atoms with Crippen LogP contribution in [0.5, 0.6) is 5.75 Å². The lowest BCUT2D eigenvalue weighted by atomic mass is 10.1. The molecule has 0 radical (unpaired) electrons. The van der Waals surface area contributed by atoms with E-state index in [0.29, 0.717) is 17.7 Å².